The molecule has 2 aromatic rings. The van der Waals surface area contributed by atoms with Crippen molar-refractivity contribution in [2.75, 3.05) is 0 Å². The molecule has 2 rings (SSSR count). The summed E-state index contributed by atoms with van der Waals surface area (Å²) in [6, 6.07) is 14.3. The summed E-state index contributed by atoms with van der Waals surface area (Å²) in [5.74, 6) is 0.417. The van der Waals surface area contributed by atoms with E-state index in [0.29, 0.717) is 11.5 Å². The van der Waals surface area contributed by atoms with Gasteiger partial charge in [-0.1, -0.05) is 50.2 Å². The van der Waals surface area contributed by atoms with E-state index in [0.717, 1.165) is 12.1 Å². The summed E-state index contributed by atoms with van der Waals surface area (Å²) in [4.78, 5) is 0. The highest BCUT2D eigenvalue weighted by molar-refractivity contribution is 5.27. The maximum absolute atomic E-state index is 13.2. The van der Waals surface area contributed by atoms with E-state index in [1.165, 1.54) is 17.2 Å². The molecule has 0 aromatic heterocycles. The summed E-state index contributed by atoms with van der Waals surface area (Å²) < 4.78 is 13.2. The molecule has 1 atom stereocenters. The van der Waals surface area contributed by atoms with Crippen LogP contribution in [-0.2, 0) is 6.54 Å². The van der Waals surface area contributed by atoms with E-state index >= 15 is 0 Å². The molecule has 0 aliphatic heterocycles. The molecule has 1 nitrogen and oxygen atoms in total. The highest BCUT2D eigenvalue weighted by Gasteiger charge is 2.06. The van der Waals surface area contributed by atoms with Gasteiger partial charge in [-0.15, -0.1) is 0 Å². The van der Waals surface area contributed by atoms with Crippen LogP contribution in [0.2, 0.25) is 0 Å². The first-order valence-electron chi connectivity index (χ1n) is 7.55. The quantitative estimate of drug-likeness (QED) is 0.805. The van der Waals surface area contributed by atoms with Crippen molar-refractivity contribution in [2.24, 2.45) is 0 Å². The molecular formula is C19H24FN. The second kappa shape index (κ2) is 6.86. The third kappa shape index (κ3) is 4.15. The third-order valence-electron chi connectivity index (χ3n) is 3.94. The predicted molar refractivity (Wildman–Crippen MR) is 86.9 cm³/mol. The number of hydrogen-bond donors (Lipinski definition) is 1. The van der Waals surface area contributed by atoms with Crippen LogP contribution in [0.15, 0.2) is 42.5 Å². The lowest BCUT2D eigenvalue weighted by atomic mass is 9.99. The van der Waals surface area contributed by atoms with E-state index in [-0.39, 0.29) is 11.9 Å². The van der Waals surface area contributed by atoms with Crippen molar-refractivity contribution in [3.05, 3.63) is 70.5 Å². The summed E-state index contributed by atoms with van der Waals surface area (Å²) in [5.41, 5.74) is 4.45. The van der Waals surface area contributed by atoms with Crippen LogP contribution >= 0.6 is 0 Å². The van der Waals surface area contributed by atoms with Gasteiger partial charge < -0.3 is 5.32 Å². The molecule has 0 amide bonds. The van der Waals surface area contributed by atoms with Gasteiger partial charge in [0.15, 0.2) is 0 Å². The van der Waals surface area contributed by atoms with E-state index in [4.69, 9.17) is 0 Å². The summed E-state index contributed by atoms with van der Waals surface area (Å²) in [5, 5.41) is 3.49. The van der Waals surface area contributed by atoms with Gasteiger partial charge >= 0.3 is 0 Å². The summed E-state index contributed by atoms with van der Waals surface area (Å²) in [7, 11) is 0. The van der Waals surface area contributed by atoms with Gasteiger partial charge in [-0.25, -0.2) is 4.39 Å². The fraction of sp³-hybridized carbons (Fsp3) is 0.368. The zero-order chi connectivity index (χ0) is 15.4. The largest absolute Gasteiger partial charge is 0.306 e. The highest BCUT2D eigenvalue weighted by atomic mass is 19.1. The molecule has 1 N–H and O–H groups in total. The molecule has 0 aliphatic carbocycles. The van der Waals surface area contributed by atoms with E-state index in [9.17, 15) is 4.39 Å². The van der Waals surface area contributed by atoms with Crippen LogP contribution in [0.25, 0.3) is 0 Å². The van der Waals surface area contributed by atoms with Crippen LogP contribution in [0.4, 0.5) is 4.39 Å². The van der Waals surface area contributed by atoms with Crippen molar-refractivity contribution >= 4 is 0 Å². The van der Waals surface area contributed by atoms with Gasteiger partial charge in [-0.2, -0.15) is 0 Å². The molecule has 2 heteroatoms. The third-order valence-corrected chi connectivity index (χ3v) is 3.94. The fourth-order valence-corrected chi connectivity index (χ4v) is 2.38. The van der Waals surface area contributed by atoms with E-state index < -0.39 is 0 Å². The second-order valence-electron chi connectivity index (χ2n) is 6.01. The van der Waals surface area contributed by atoms with Crippen LogP contribution < -0.4 is 5.32 Å². The van der Waals surface area contributed by atoms with Gasteiger partial charge in [0.2, 0.25) is 0 Å². The number of aryl methyl sites for hydroxylation is 1. The number of benzene rings is 2. The van der Waals surface area contributed by atoms with E-state index in [1.807, 2.05) is 12.1 Å². The summed E-state index contributed by atoms with van der Waals surface area (Å²) in [6.07, 6.45) is 0. The SMILES string of the molecule is Cc1cc(CNC(C)c2ccc(C(C)C)cc2)ccc1F. The smallest absolute Gasteiger partial charge is 0.126 e. The molecule has 0 fully saturated rings. The van der Waals surface area contributed by atoms with E-state index in [2.05, 4.69) is 50.4 Å². The zero-order valence-corrected chi connectivity index (χ0v) is 13.3. The first-order valence-corrected chi connectivity index (χ1v) is 7.55. The minimum absolute atomic E-state index is 0.143. The van der Waals surface area contributed by atoms with Crippen molar-refractivity contribution in [2.45, 2.75) is 46.2 Å². The average Bonchev–Trinajstić information content (AvgIpc) is 2.48. The van der Waals surface area contributed by atoms with Crippen molar-refractivity contribution < 1.29 is 4.39 Å². The molecule has 112 valence electrons. The van der Waals surface area contributed by atoms with Gasteiger partial charge in [0.05, 0.1) is 0 Å². The second-order valence-corrected chi connectivity index (χ2v) is 6.01. The first kappa shape index (κ1) is 15.7. The van der Waals surface area contributed by atoms with Crippen LogP contribution in [0, 0.1) is 12.7 Å². The molecule has 0 aliphatic rings. The lowest BCUT2D eigenvalue weighted by molar-refractivity contribution is 0.571. The molecule has 0 bridgehead atoms. The van der Waals surface area contributed by atoms with Gasteiger partial charge in [0.25, 0.3) is 0 Å². The molecule has 2 aromatic carbocycles. The van der Waals surface area contributed by atoms with Gasteiger partial charge in [-0.3, -0.25) is 0 Å². The van der Waals surface area contributed by atoms with Crippen molar-refractivity contribution in [1.82, 2.24) is 5.32 Å². The Hall–Kier alpha value is -1.67. The minimum Gasteiger partial charge on any atom is -0.306 e. The first-order chi connectivity index (χ1) is 9.97. The zero-order valence-electron chi connectivity index (χ0n) is 13.3. The standard InChI is InChI=1S/C19H24FN/c1-13(2)17-6-8-18(9-7-17)15(4)21-12-16-5-10-19(20)14(3)11-16/h5-11,13,15,21H,12H2,1-4H3. The Labute approximate surface area is 127 Å². The molecular weight excluding hydrogens is 261 g/mol. The Morgan fingerprint density at radius 3 is 2.14 bits per heavy atom. The van der Waals surface area contributed by atoms with Crippen LogP contribution in [0.1, 0.15) is 55.0 Å². The number of rotatable bonds is 5. The molecule has 0 spiro atoms. The molecule has 1 unspecified atom stereocenters. The average molecular weight is 285 g/mol. The Kier molecular flexibility index (Phi) is 5.13. The topological polar surface area (TPSA) is 12.0 Å². The minimum atomic E-state index is -0.143. The Morgan fingerprint density at radius 1 is 0.952 bits per heavy atom. The number of halogens is 1. The Bertz CT molecular complexity index is 587. The highest BCUT2D eigenvalue weighted by Crippen LogP contribution is 2.19. The summed E-state index contributed by atoms with van der Waals surface area (Å²) >= 11 is 0. The lowest BCUT2D eigenvalue weighted by Crippen LogP contribution is -2.18. The monoisotopic (exact) mass is 285 g/mol. The molecule has 0 saturated heterocycles. The normalized spacial score (nSPS) is 12.7. The fourth-order valence-electron chi connectivity index (χ4n) is 2.38. The van der Waals surface area contributed by atoms with Crippen LogP contribution in [0.3, 0.4) is 0 Å². The molecule has 21 heavy (non-hydrogen) atoms. The van der Waals surface area contributed by atoms with Gasteiger partial charge in [0, 0.05) is 12.6 Å². The van der Waals surface area contributed by atoms with Crippen molar-refractivity contribution in [3.8, 4) is 0 Å². The maximum atomic E-state index is 13.2. The molecule has 0 heterocycles. The Morgan fingerprint density at radius 2 is 1.57 bits per heavy atom. The molecule has 0 radical (unpaired) electrons. The summed E-state index contributed by atoms with van der Waals surface area (Å²) in [6.45, 7) is 9.10. The van der Waals surface area contributed by atoms with Crippen LogP contribution in [0.5, 0.6) is 0 Å². The Balaban J connectivity index is 1.97. The van der Waals surface area contributed by atoms with Crippen LogP contribution in [-0.4, -0.2) is 0 Å². The van der Waals surface area contributed by atoms with Crippen molar-refractivity contribution in [1.29, 1.82) is 0 Å². The maximum Gasteiger partial charge on any atom is 0.126 e. The number of hydrogen-bond acceptors (Lipinski definition) is 1. The predicted octanol–water partition coefficient (Wildman–Crippen LogP) is 5.11. The van der Waals surface area contributed by atoms with Gasteiger partial charge in [0.1, 0.15) is 5.82 Å². The lowest BCUT2D eigenvalue weighted by Gasteiger charge is -2.16. The van der Waals surface area contributed by atoms with Crippen molar-refractivity contribution in [3.63, 3.8) is 0 Å². The molecule has 0 saturated carbocycles. The van der Waals surface area contributed by atoms with Gasteiger partial charge in [-0.05, 0) is 48.1 Å². The number of nitrogens with one attached hydrogen (secondary N) is 1. The van der Waals surface area contributed by atoms with E-state index in [1.54, 1.807) is 6.92 Å².